The van der Waals surface area contributed by atoms with Crippen LogP contribution in [0.2, 0.25) is 0 Å². The summed E-state index contributed by atoms with van der Waals surface area (Å²) in [5.41, 5.74) is 3.35. The van der Waals surface area contributed by atoms with Crippen LogP contribution in [0.1, 0.15) is 11.1 Å². The number of aromatic nitrogens is 3. The molecule has 1 heterocycles. The lowest BCUT2D eigenvalue weighted by molar-refractivity contribution is 0.877. The molecule has 70 valence electrons. The average molecular weight is 185 g/mol. The first kappa shape index (κ1) is 8.69. The van der Waals surface area contributed by atoms with Crippen molar-refractivity contribution < 1.29 is 0 Å². The molecule has 0 aliphatic heterocycles. The first-order valence-corrected chi connectivity index (χ1v) is 4.39. The molecule has 1 aromatic carbocycles. The topological polar surface area (TPSA) is 30.7 Å². The molecule has 3 nitrogen and oxygen atoms in total. The first-order chi connectivity index (χ1) is 6.81. The van der Waals surface area contributed by atoms with Gasteiger partial charge < -0.3 is 0 Å². The fraction of sp³-hybridized carbons (Fsp3) is 0.0909. The van der Waals surface area contributed by atoms with Crippen LogP contribution in [-0.2, 0) is 0 Å². The third-order valence-corrected chi connectivity index (χ3v) is 2.16. The molecule has 3 heteroatoms. The Labute approximate surface area is 82.7 Å². The lowest BCUT2D eigenvalue weighted by Crippen LogP contribution is -1.95. The fourth-order valence-corrected chi connectivity index (χ4v) is 1.37. The summed E-state index contributed by atoms with van der Waals surface area (Å²) < 4.78 is 1.74. The molecule has 0 unspecified atom stereocenters. The summed E-state index contributed by atoms with van der Waals surface area (Å²) in [7, 11) is 0. The van der Waals surface area contributed by atoms with E-state index in [4.69, 9.17) is 0 Å². The van der Waals surface area contributed by atoms with Crippen molar-refractivity contribution in [2.45, 2.75) is 6.92 Å². The number of rotatable bonds is 2. The second-order valence-corrected chi connectivity index (χ2v) is 3.09. The van der Waals surface area contributed by atoms with Crippen molar-refractivity contribution in [3.8, 4) is 5.69 Å². The zero-order chi connectivity index (χ0) is 9.97. The van der Waals surface area contributed by atoms with Gasteiger partial charge >= 0.3 is 0 Å². The standard InChI is InChI=1S/C11H11N3/c1-3-10-4-5-11(6-9(10)2)14-8-12-7-13-14/h3-8H,1H2,2H3. The summed E-state index contributed by atoms with van der Waals surface area (Å²) in [5, 5.41) is 4.06. The molecule has 2 rings (SSSR count). The molecule has 14 heavy (non-hydrogen) atoms. The van der Waals surface area contributed by atoms with Crippen LogP contribution in [0.5, 0.6) is 0 Å². The van der Waals surface area contributed by atoms with E-state index >= 15 is 0 Å². The van der Waals surface area contributed by atoms with Crippen LogP contribution in [0.3, 0.4) is 0 Å². The number of hydrogen-bond donors (Lipinski definition) is 0. The van der Waals surface area contributed by atoms with Gasteiger partial charge in [0.25, 0.3) is 0 Å². The Morgan fingerprint density at radius 3 is 2.86 bits per heavy atom. The second kappa shape index (κ2) is 3.46. The van der Waals surface area contributed by atoms with Crippen LogP contribution in [0.4, 0.5) is 0 Å². The largest absolute Gasteiger partial charge is 0.223 e. The van der Waals surface area contributed by atoms with Crippen molar-refractivity contribution in [2.75, 3.05) is 0 Å². The molecular weight excluding hydrogens is 174 g/mol. The van der Waals surface area contributed by atoms with Gasteiger partial charge in [-0.25, -0.2) is 9.67 Å². The van der Waals surface area contributed by atoms with E-state index in [1.807, 2.05) is 18.2 Å². The van der Waals surface area contributed by atoms with Gasteiger partial charge in [0, 0.05) is 0 Å². The number of benzene rings is 1. The minimum atomic E-state index is 1.02. The summed E-state index contributed by atoms with van der Waals surface area (Å²) in [6, 6.07) is 6.09. The predicted molar refractivity (Wildman–Crippen MR) is 56.2 cm³/mol. The zero-order valence-corrected chi connectivity index (χ0v) is 8.01. The number of nitrogens with zero attached hydrogens (tertiary/aromatic N) is 3. The molecule has 0 aliphatic rings. The normalized spacial score (nSPS) is 10.1. The van der Waals surface area contributed by atoms with Crippen molar-refractivity contribution in [1.29, 1.82) is 0 Å². The maximum Gasteiger partial charge on any atom is 0.138 e. The average Bonchev–Trinajstić information content (AvgIpc) is 2.70. The van der Waals surface area contributed by atoms with E-state index in [1.54, 1.807) is 11.0 Å². The van der Waals surface area contributed by atoms with Crippen molar-refractivity contribution >= 4 is 6.08 Å². The first-order valence-electron chi connectivity index (χ1n) is 4.39. The number of hydrogen-bond acceptors (Lipinski definition) is 2. The monoisotopic (exact) mass is 185 g/mol. The molecule has 2 aromatic rings. The zero-order valence-electron chi connectivity index (χ0n) is 8.01. The molecule has 0 saturated heterocycles. The molecule has 1 aromatic heterocycles. The van der Waals surface area contributed by atoms with Crippen molar-refractivity contribution in [3.05, 3.63) is 48.6 Å². The second-order valence-electron chi connectivity index (χ2n) is 3.09. The quantitative estimate of drug-likeness (QED) is 0.718. The Balaban J connectivity index is 2.48. The van der Waals surface area contributed by atoms with Gasteiger partial charge in [-0.3, -0.25) is 0 Å². The number of aryl methyl sites for hydroxylation is 1. The van der Waals surface area contributed by atoms with E-state index in [0.717, 1.165) is 11.3 Å². The highest BCUT2D eigenvalue weighted by Gasteiger charge is 1.99. The van der Waals surface area contributed by atoms with E-state index in [0.29, 0.717) is 0 Å². The van der Waals surface area contributed by atoms with E-state index in [9.17, 15) is 0 Å². The minimum absolute atomic E-state index is 1.02. The van der Waals surface area contributed by atoms with Crippen LogP contribution in [0, 0.1) is 6.92 Å². The Morgan fingerprint density at radius 1 is 1.43 bits per heavy atom. The summed E-state index contributed by atoms with van der Waals surface area (Å²) in [4.78, 5) is 3.90. The van der Waals surface area contributed by atoms with E-state index in [2.05, 4.69) is 29.7 Å². The summed E-state index contributed by atoms with van der Waals surface area (Å²) >= 11 is 0. The molecule has 0 bridgehead atoms. The Morgan fingerprint density at radius 2 is 2.29 bits per heavy atom. The highest BCUT2D eigenvalue weighted by molar-refractivity contribution is 5.54. The summed E-state index contributed by atoms with van der Waals surface area (Å²) in [6.45, 7) is 5.80. The third kappa shape index (κ3) is 1.44. The molecule has 0 spiro atoms. The van der Waals surface area contributed by atoms with Crippen LogP contribution in [-0.4, -0.2) is 14.8 Å². The third-order valence-electron chi connectivity index (χ3n) is 2.16. The minimum Gasteiger partial charge on any atom is -0.223 e. The van der Waals surface area contributed by atoms with Crippen LogP contribution in [0.15, 0.2) is 37.4 Å². The maximum atomic E-state index is 4.06. The highest BCUT2D eigenvalue weighted by Crippen LogP contribution is 2.14. The maximum absolute atomic E-state index is 4.06. The van der Waals surface area contributed by atoms with Gasteiger partial charge in [-0.1, -0.05) is 18.7 Å². The molecule has 0 fully saturated rings. The molecular formula is C11H11N3. The predicted octanol–water partition coefficient (Wildman–Crippen LogP) is 2.22. The molecule has 0 amide bonds. The van der Waals surface area contributed by atoms with Crippen molar-refractivity contribution in [2.24, 2.45) is 0 Å². The fourth-order valence-electron chi connectivity index (χ4n) is 1.37. The van der Waals surface area contributed by atoms with Gasteiger partial charge in [-0.05, 0) is 30.2 Å². The molecule has 0 atom stereocenters. The van der Waals surface area contributed by atoms with Gasteiger partial charge in [0.15, 0.2) is 0 Å². The van der Waals surface area contributed by atoms with Gasteiger partial charge in [-0.2, -0.15) is 5.10 Å². The Hall–Kier alpha value is -1.90. The Bertz CT molecular complexity index is 444. The van der Waals surface area contributed by atoms with Gasteiger partial charge in [-0.15, -0.1) is 0 Å². The van der Waals surface area contributed by atoms with Gasteiger partial charge in [0.2, 0.25) is 0 Å². The SMILES string of the molecule is C=Cc1ccc(-n2cncn2)cc1C. The van der Waals surface area contributed by atoms with Crippen molar-refractivity contribution in [3.63, 3.8) is 0 Å². The lowest BCUT2D eigenvalue weighted by Gasteiger charge is -2.04. The highest BCUT2D eigenvalue weighted by atomic mass is 15.3. The van der Waals surface area contributed by atoms with Crippen molar-refractivity contribution in [1.82, 2.24) is 14.8 Å². The van der Waals surface area contributed by atoms with E-state index in [-0.39, 0.29) is 0 Å². The van der Waals surface area contributed by atoms with E-state index in [1.165, 1.54) is 11.9 Å². The van der Waals surface area contributed by atoms with Gasteiger partial charge in [0.1, 0.15) is 12.7 Å². The lowest BCUT2D eigenvalue weighted by atomic mass is 10.1. The molecule has 0 saturated carbocycles. The molecule has 0 radical (unpaired) electrons. The Kier molecular flexibility index (Phi) is 2.14. The van der Waals surface area contributed by atoms with Crippen LogP contribution in [0.25, 0.3) is 11.8 Å². The van der Waals surface area contributed by atoms with Crippen LogP contribution >= 0.6 is 0 Å². The summed E-state index contributed by atoms with van der Waals surface area (Å²) in [6.07, 6.45) is 5.06. The molecule has 0 aliphatic carbocycles. The summed E-state index contributed by atoms with van der Waals surface area (Å²) in [5.74, 6) is 0. The van der Waals surface area contributed by atoms with Gasteiger partial charge in [0.05, 0.1) is 5.69 Å². The molecule has 0 N–H and O–H groups in total. The van der Waals surface area contributed by atoms with E-state index < -0.39 is 0 Å². The van der Waals surface area contributed by atoms with Crippen LogP contribution < -0.4 is 0 Å². The smallest absolute Gasteiger partial charge is 0.138 e.